The van der Waals surface area contributed by atoms with Crippen LogP contribution in [0, 0.1) is 11.6 Å². The van der Waals surface area contributed by atoms with Crippen LogP contribution in [0.15, 0.2) is 35.3 Å². The number of hydrogen-bond acceptors (Lipinski definition) is 3. The van der Waals surface area contributed by atoms with Crippen LogP contribution in [-0.2, 0) is 6.54 Å². The molecule has 0 aliphatic rings. The first kappa shape index (κ1) is 17.3. The van der Waals surface area contributed by atoms with Gasteiger partial charge in [-0.1, -0.05) is 6.07 Å². The molecule has 0 saturated heterocycles. The summed E-state index contributed by atoms with van der Waals surface area (Å²) in [6.07, 6.45) is 2.30. The Bertz CT molecular complexity index is 535. The van der Waals surface area contributed by atoms with Crippen molar-refractivity contribution in [2.75, 3.05) is 0 Å². The number of hydrogen-bond donors (Lipinski definition) is 1. The largest absolute Gasteiger partial charge is 0.451 e. The molecule has 0 spiro atoms. The summed E-state index contributed by atoms with van der Waals surface area (Å²) < 4.78 is 30.5. The average Bonchev–Trinajstić information content (AvgIpc) is 2.81. The highest BCUT2D eigenvalue weighted by atomic mass is 35.5. The molecule has 104 valence electrons. The highest BCUT2D eigenvalue weighted by molar-refractivity contribution is 5.91. The van der Waals surface area contributed by atoms with Crippen LogP contribution in [0.5, 0.6) is 0 Å². The molecular formula is C11H10Cl2F2N2O2. The lowest BCUT2D eigenvalue weighted by Crippen LogP contribution is -2.23. The number of amides is 1. The van der Waals surface area contributed by atoms with E-state index in [1.165, 1.54) is 12.3 Å². The zero-order valence-corrected chi connectivity index (χ0v) is 11.1. The van der Waals surface area contributed by atoms with Gasteiger partial charge in [0.05, 0.1) is 0 Å². The maximum Gasteiger partial charge on any atom is 0.273 e. The van der Waals surface area contributed by atoms with E-state index in [1.54, 1.807) is 0 Å². The number of nitrogens with zero attached hydrogens (tertiary/aromatic N) is 1. The molecule has 2 aromatic rings. The molecule has 1 amide bonds. The van der Waals surface area contributed by atoms with Gasteiger partial charge in [-0.05, 0) is 6.07 Å². The predicted molar refractivity (Wildman–Crippen MR) is 68.5 cm³/mol. The normalized spacial score (nSPS) is 9.16. The Morgan fingerprint density at radius 1 is 1.32 bits per heavy atom. The first-order valence-corrected chi connectivity index (χ1v) is 4.77. The molecule has 0 fully saturated rings. The number of aromatic nitrogens is 1. The zero-order valence-electron chi connectivity index (χ0n) is 9.43. The van der Waals surface area contributed by atoms with Crippen molar-refractivity contribution in [3.63, 3.8) is 0 Å². The summed E-state index contributed by atoms with van der Waals surface area (Å²) in [7, 11) is 0. The third kappa shape index (κ3) is 4.50. The van der Waals surface area contributed by atoms with Crippen LogP contribution in [-0.4, -0.2) is 10.9 Å². The van der Waals surface area contributed by atoms with Crippen molar-refractivity contribution in [2.45, 2.75) is 6.54 Å². The second kappa shape index (κ2) is 7.70. The fourth-order valence-electron chi connectivity index (χ4n) is 1.26. The SMILES string of the molecule is Cl.Cl.O=C(NCc1ccc(F)cc1F)c1cocn1. The van der Waals surface area contributed by atoms with Gasteiger partial charge in [0.2, 0.25) is 0 Å². The molecule has 0 radical (unpaired) electrons. The molecule has 0 saturated carbocycles. The fourth-order valence-corrected chi connectivity index (χ4v) is 1.26. The Kier molecular flexibility index (Phi) is 7.03. The molecule has 19 heavy (non-hydrogen) atoms. The van der Waals surface area contributed by atoms with Gasteiger partial charge < -0.3 is 9.73 Å². The summed E-state index contributed by atoms with van der Waals surface area (Å²) in [5.74, 6) is -1.85. The first-order chi connectivity index (χ1) is 8.16. The van der Waals surface area contributed by atoms with E-state index in [0.717, 1.165) is 18.5 Å². The molecule has 0 aliphatic carbocycles. The number of carbonyl (C=O) groups excluding carboxylic acids is 1. The number of halogens is 4. The molecular weight excluding hydrogens is 301 g/mol. The van der Waals surface area contributed by atoms with Crippen molar-refractivity contribution in [3.05, 3.63) is 53.7 Å². The minimum atomic E-state index is -0.703. The van der Waals surface area contributed by atoms with Gasteiger partial charge in [0.15, 0.2) is 12.1 Å². The smallest absolute Gasteiger partial charge is 0.273 e. The van der Waals surface area contributed by atoms with Gasteiger partial charge >= 0.3 is 0 Å². The maximum absolute atomic E-state index is 13.2. The number of carbonyl (C=O) groups is 1. The zero-order chi connectivity index (χ0) is 12.3. The minimum Gasteiger partial charge on any atom is -0.451 e. The second-order valence-electron chi connectivity index (χ2n) is 3.29. The maximum atomic E-state index is 13.2. The molecule has 0 unspecified atom stereocenters. The van der Waals surface area contributed by atoms with Crippen molar-refractivity contribution in [2.24, 2.45) is 0 Å². The summed E-state index contributed by atoms with van der Waals surface area (Å²) in [4.78, 5) is 15.1. The standard InChI is InChI=1S/C11H8F2N2O2.2ClH/c12-8-2-1-7(9(13)3-8)4-14-11(16)10-5-17-6-15-10;;/h1-3,5-6H,4H2,(H,14,16);2*1H. The van der Waals surface area contributed by atoms with Crippen LogP contribution in [0.3, 0.4) is 0 Å². The second-order valence-corrected chi connectivity index (χ2v) is 3.29. The van der Waals surface area contributed by atoms with Crippen molar-refractivity contribution >= 4 is 30.7 Å². The summed E-state index contributed by atoms with van der Waals surface area (Å²) in [5, 5.41) is 2.44. The van der Waals surface area contributed by atoms with Gasteiger partial charge in [-0.25, -0.2) is 13.8 Å². The van der Waals surface area contributed by atoms with Crippen LogP contribution in [0.4, 0.5) is 8.78 Å². The summed E-state index contributed by atoms with van der Waals surface area (Å²) in [5.41, 5.74) is 0.302. The molecule has 1 aromatic carbocycles. The lowest BCUT2D eigenvalue weighted by molar-refractivity contribution is 0.0945. The lowest BCUT2D eigenvalue weighted by Gasteiger charge is -2.04. The minimum absolute atomic E-state index is 0. The number of rotatable bonds is 3. The monoisotopic (exact) mass is 310 g/mol. The lowest BCUT2D eigenvalue weighted by atomic mass is 10.2. The molecule has 2 rings (SSSR count). The van der Waals surface area contributed by atoms with E-state index in [-0.39, 0.29) is 42.6 Å². The summed E-state index contributed by atoms with van der Waals surface area (Å²) in [6.45, 7) is -0.0438. The molecule has 1 aromatic heterocycles. The Morgan fingerprint density at radius 3 is 2.63 bits per heavy atom. The Balaban J connectivity index is 0.00000162. The highest BCUT2D eigenvalue weighted by Crippen LogP contribution is 2.09. The predicted octanol–water partition coefficient (Wildman–Crippen LogP) is 2.73. The quantitative estimate of drug-likeness (QED) is 0.948. The van der Waals surface area contributed by atoms with E-state index in [9.17, 15) is 13.6 Å². The van der Waals surface area contributed by atoms with Gasteiger partial charge in [-0.2, -0.15) is 0 Å². The summed E-state index contributed by atoms with van der Waals surface area (Å²) >= 11 is 0. The Labute approximate surface area is 120 Å². The highest BCUT2D eigenvalue weighted by Gasteiger charge is 2.09. The molecule has 0 bridgehead atoms. The van der Waals surface area contributed by atoms with Crippen LogP contribution in [0.2, 0.25) is 0 Å². The number of oxazole rings is 1. The number of nitrogens with one attached hydrogen (secondary N) is 1. The van der Waals surface area contributed by atoms with E-state index in [2.05, 4.69) is 14.7 Å². The first-order valence-electron chi connectivity index (χ1n) is 4.77. The van der Waals surface area contributed by atoms with E-state index >= 15 is 0 Å². The summed E-state index contributed by atoms with van der Waals surface area (Å²) in [6, 6.07) is 3.16. The molecule has 0 atom stereocenters. The van der Waals surface area contributed by atoms with Crippen LogP contribution < -0.4 is 5.32 Å². The molecule has 1 heterocycles. The molecule has 0 aliphatic heterocycles. The van der Waals surface area contributed by atoms with E-state index < -0.39 is 17.5 Å². The van der Waals surface area contributed by atoms with Gasteiger partial charge in [0.1, 0.15) is 17.9 Å². The number of benzene rings is 1. The average molecular weight is 311 g/mol. The van der Waals surface area contributed by atoms with Gasteiger partial charge in [-0.15, -0.1) is 24.8 Å². The van der Waals surface area contributed by atoms with Gasteiger partial charge in [-0.3, -0.25) is 4.79 Å². The van der Waals surface area contributed by atoms with E-state index in [1.807, 2.05) is 0 Å². The van der Waals surface area contributed by atoms with Crippen LogP contribution in [0.1, 0.15) is 16.1 Å². The Morgan fingerprint density at radius 2 is 2.05 bits per heavy atom. The fraction of sp³-hybridized carbons (Fsp3) is 0.0909. The van der Waals surface area contributed by atoms with E-state index in [4.69, 9.17) is 0 Å². The van der Waals surface area contributed by atoms with Crippen molar-refractivity contribution in [1.82, 2.24) is 10.3 Å². The third-order valence-corrected chi connectivity index (χ3v) is 2.12. The van der Waals surface area contributed by atoms with Gasteiger partial charge in [0, 0.05) is 18.2 Å². The van der Waals surface area contributed by atoms with Crippen LogP contribution in [0.25, 0.3) is 0 Å². The topological polar surface area (TPSA) is 55.1 Å². The molecule has 4 nitrogen and oxygen atoms in total. The van der Waals surface area contributed by atoms with Crippen molar-refractivity contribution in [1.29, 1.82) is 0 Å². The van der Waals surface area contributed by atoms with Crippen molar-refractivity contribution < 1.29 is 18.0 Å². The van der Waals surface area contributed by atoms with Crippen molar-refractivity contribution in [3.8, 4) is 0 Å². The Hall–Kier alpha value is -1.66. The molecule has 1 N–H and O–H groups in total. The third-order valence-electron chi connectivity index (χ3n) is 2.12. The van der Waals surface area contributed by atoms with Crippen LogP contribution >= 0.6 is 24.8 Å². The van der Waals surface area contributed by atoms with E-state index in [0.29, 0.717) is 0 Å². The molecule has 8 heteroatoms. The van der Waals surface area contributed by atoms with Gasteiger partial charge in [0.25, 0.3) is 5.91 Å².